The molecule has 1 saturated heterocycles. The number of carbonyl (C=O) groups excluding carboxylic acids is 1. The quantitative estimate of drug-likeness (QED) is 0.645. The van der Waals surface area contributed by atoms with Crippen molar-refractivity contribution in [3.05, 3.63) is 42.0 Å². The number of nitrogens with one attached hydrogen (secondary N) is 1. The van der Waals surface area contributed by atoms with Crippen LogP contribution < -0.4 is 24.3 Å². The number of ether oxygens (including phenoxy) is 4. The second kappa shape index (κ2) is 9.32. The summed E-state index contributed by atoms with van der Waals surface area (Å²) in [6.07, 6.45) is 0. The smallest absolute Gasteiger partial charge is 0.243 e. The van der Waals surface area contributed by atoms with Crippen LogP contribution >= 0.6 is 0 Å². The van der Waals surface area contributed by atoms with Crippen molar-refractivity contribution in [2.24, 2.45) is 0 Å². The fraction of sp³-hybridized carbons (Fsp3) is 0.435. The Labute approximate surface area is 198 Å². The van der Waals surface area contributed by atoms with E-state index in [-0.39, 0.29) is 23.6 Å². The molecular formula is C23H27N3O7S. The van der Waals surface area contributed by atoms with Gasteiger partial charge >= 0.3 is 0 Å². The minimum absolute atomic E-state index is 0.110. The SMILES string of the molecule is C[C@@H](C(=O)NCc1ccc2c(c1)OCO2)N1CCN(S(=O)(=O)c2ccc3c(c2)OCCO3)CC1. The molecule has 1 fully saturated rings. The van der Waals surface area contributed by atoms with Crippen LogP contribution in [0.15, 0.2) is 41.3 Å². The minimum Gasteiger partial charge on any atom is -0.486 e. The Morgan fingerprint density at radius 3 is 2.35 bits per heavy atom. The number of hydrogen-bond donors (Lipinski definition) is 1. The van der Waals surface area contributed by atoms with E-state index in [4.69, 9.17) is 18.9 Å². The summed E-state index contributed by atoms with van der Waals surface area (Å²) in [7, 11) is -3.67. The first-order valence-corrected chi connectivity index (χ1v) is 12.7. The van der Waals surface area contributed by atoms with Crippen LogP contribution in [-0.2, 0) is 21.4 Å². The maximum absolute atomic E-state index is 13.1. The Morgan fingerprint density at radius 1 is 0.912 bits per heavy atom. The molecule has 3 heterocycles. The maximum atomic E-state index is 13.1. The molecule has 0 aromatic heterocycles. The Bertz CT molecular complexity index is 1180. The lowest BCUT2D eigenvalue weighted by molar-refractivity contribution is -0.126. The molecule has 182 valence electrons. The van der Waals surface area contributed by atoms with Crippen molar-refractivity contribution in [1.29, 1.82) is 0 Å². The van der Waals surface area contributed by atoms with Crippen LogP contribution in [-0.4, -0.2) is 75.8 Å². The average Bonchev–Trinajstić information content (AvgIpc) is 3.34. The van der Waals surface area contributed by atoms with Gasteiger partial charge in [-0.05, 0) is 36.8 Å². The zero-order valence-electron chi connectivity index (χ0n) is 18.9. The van der Waals surface area contributed by atoms with Crippen LogP contribution in [0.5, 0.6) is 23.0 Å². The van der Waals surface area contributed by atoms with Crippen molar-refractivity contribution >= 4 is 15.9 Å². The lowest BCUT2D eigenvalue weighted by atomic mass is 10.2. The predicted molar refractivity (Wildman–Crippen MR) is 122 cm³/mol. The number of amides is 1. The number of piperazine rings is 1. The predicted octanol–water partition coefficient (Wildman–Crippen LogP) is 1.20. The number of nitrogens with zero attached hydrogens (tertiary/aromatic N) is 2. The van der Waals surface area contributed by atoms with E-state index >= 15 is 0 Å². The highest BCUT2D eigenvalue weighted by Gasteiger charge is 2.32. The second-order valence-electron chi connectivity index (χ2n) is 8.33. The first kappa shape index (κ1) is 22.8. The fourth-order valence-electron chi connectivity index (χ4n) is 4.22. The molecular weight excluding hydrogens is 462 g/mol. The van der Waals surface area contributed by atoms with Crippen LogP contribution in [0.3, 0.4) is 0 Å². The third-order valence-electron chi connectivity index (χ3n) is 6.26. The van der Waals surface area contributed by atoms with E-state index < -0.39 is 10.0 Å². The molecule has 2 aromatic carbocycles. The van der Waals surface area contributed by atoms with Crippen molar-refractivity contribution in [2.75, 3.05) is 46.2 Å². The van der Waals surface area contributed by atoms with E-state index in [1.807, 2.05) is 30.0 Å². The molecule has 0 unspecified atom stereocenters. The molecule has 3 aliphatic heterocycles. The maximum Gasteiger partial charge on any atom is 0.243 e. The van der Waals surface area contributed by atoms with Gasteiger partial charge in [0.05, 0.1) is 10.9 Å². The highest BCUT2D eigenvalue weighted by molar-refractivity contribution is 7.89. The molecule has 10 nitrogen and oxygen atoms in total. The molecule has 0 aliphatic carbocycles. The number of rotatable bonds is 6. The summed E-state index contributed by atoms with van der Waals surface area (Å²) in [5.74, 6) is 2.26. The highest BCUT2D eigenvalue weighted by atomic mass is 32.2. The van der Waals surface area contributed by atoms with Gasteiger partial charge in [0.2, 0.25) is 22.7 Å². The van der Waals surface area contributed by atoms with E-state index in [0.29, 0.717) is 68.9 Å². The molecule has 0 saturated carbocycles. The van der Waals surface area contributed by atoms with Crippen molar-refractivity contribution in [3.8, 4) is 23.0 Å². The standard InChI is InChI=1S/C23H27N3O7S/c1-16(23(27)24-14-17-2-4-20-21(12-17)33-15-32-20)25-6-8-26(9-7-25)34(28,29)18-3-5-19-22(13-18)31-11-10-30-19/h2-5,12-13,16H,6-11,14-15H2,1H3,(H,24,27)/t16-/m0/s1. The fourth-order valence-corrected chi connectivity index (χ4v) is 5.66. The first-order chi connectivity index (χ1) is 16.4. The number of carbonyl (C=O) groups is 1. The summed E-state index contributed by atoms with van der Waals surface area (Å²) in [5.41, 5.74) is 0.917. The molecule has 1 atom stereocenters. The van der Waals surface area contributed by atoms with Crippen LogP contribution in [0.2, 0.25) is 0 Å². The Kier molecular flexibility index (Phi) is 6.24. The van der Waals surface area contributed by atoms with Crippen LogP contribution in [0, 0.1) is 0 Å². The molecule has 3 aliphatic rings. The van der Waals surface area contributed by atoms with Gasteiger partial charge in [-0.2, -0.15) is 4.31 Å². The van der Waals surface area contributed by atoms with Gasteiger partial charge in [0.1, 0.15) is 13.2 Å². The zero-order chi connectivity index (χ0) is 23.7. The molecule has 2 aromatic rings. The molecule has 0 radical (unpaired) electrons. The monoisotopic (exact) mass is 489 g/mol. The van der Waals surface area contributed by atoms with E-state index in [2.05, 4.69) is 5.32 Å². The van der Waals surface area contributed by atoms with Crippen molar-refractivity contribution in [3.63, 3.8) is 0 Å². The van der Waals surface area contributed by atoms with E-state index in [1.54, 1.807) is 12.1 Å². The molecule has 5 rings (SSSR count). The summed E-state index contributed by atoms with van der Waals surface area (Å²) in [6.45, 7) is 4.78. The van der Waals surface area contributed by atoms with Gasteiger partial charge in [-0.3, -0.25) is 9.69 Å². The van der Waals surface area contributed by atoms with Crippen molar-refractivity contribution in [1.82, 2.24) is 14.5 Å². The third kappa shape index (κ3) is 4.50. The van der Waals surface area contributed by atoms with Gasteiger partial charge in [-0.1, -0.05) is 6.07 Å². The van der Waals surface area contributed by atoms with E-state index in [0.717, 1.165) is 5.56 Å². The molecule has 34 heavy (non-hydrogen) atoms. The Morgan fingerprint density at radius 2 is 1.56 bits per heavy atom. The summed E-state index contributed by atoms with van der Waals surface area (Å²) in [5, 5.41) is 2.95. The van der Waals surface area contributed by atoms with Gasteiger partial charge in [0, 0.05) is 38.8 Å². The number of sulfonamides is 1. The van der Waals surface area contributed by atoms with Crippen LogP contribution in [0.1, 0.15) is 12.5 Å². The molecule has 0 spiro atoms. The number of fused-ring (bicyclic) bond motifs is 2. The lowest BCUT2D eigenvalue weighted by Crippen LogP contribution is -2.54. The first-order valence-electron chi connectivity index (χ1n) is 11.2. The summed E-state index contributed by atoms with van der Waals surface area (Å²) >= 11 is 0. The molecule has 11 heteroatoms. The van der Waals surface area contributed by atoms with Gasteiger partial charge in [-0.15, -0.1) is 0 Å². The summed E-state index contributed by atoms with van der Waals surface area (Å²) in [6, 6.07) is 9.88. The van der Waals surface area contributed by atoms with Gasteiger partial charge in [0.25, 0.3) is 0 Å². The molecule has 1 N–H and O–H groups in total. The Hall–Kier alpha value is -3.02. The highest BCUT2D eigenvalue weighted by Crippen LogP contribution is 2.34. The summed E-state index contributed by atoms with van der Waals surface area (Å²) < 4.78 is 49.4. The van der Waals surface area contributed by atoms with Gasteiger partial charge in [0.15, 0.2) is 23.0 Å². The summed E-state index contributed by atoms with van der Waals surface area (Å²) in [4.78, 5) is 14.9. The number of hydrogen-bond acceptors (Lipinski definition) is 8. The average molecular weight is 490 g/mol. The third-order valence-corrected chi connectivity index (χ3v) is 8.15. The van der Waals surface area contributed by atoms with Gasteiger partial charge in [-0.25, -0.2) is 8.42 Å². The molecule has 0 bridgehead atoms. The minimum atomic E-state index is -3.67. The molecule has 1 amide bonds. The topological polar surface area (TPSA) is 107 Å². The van der Waals surface area contributed by atoms with Crippen molar-refractivity contribution in [2.45, 2.75) is 24.4 Å². The normalized spacial score (nSPS) is 19.0. The largest absolute Gasteiger partial charge is 0.486 e. The zero-order valence-corrected chi connectivity index (χ0v) is 19.7. The Balaban J connectivity index is 1.15. The second-order valence-corrected chi connectivity index (χ2v) is 10.3. The number of benzene rings is 2. The van der Waals surface area contributed by atoms with Gasteiger partial charge < -0.3 is 24.3 Å². The van der Waals surface area contributed by atoms with E-state index in [9.17, 15) is 13.2 Å². The van der Waals surface area contributed by atoms with Crippen molar-refractivity contribution < 1.29 is 32.2 Å². The van der Waals surface area contributed by atoms with Crippen LogP contribution in [0.4, 0.5) is 0 Å². The van der Waals surface area contributed by atoms with E-state index in [1.165, 1.54) is 10.4 Å². The van der Waals surface area contributed by atoms with Crippen LogP contribution in [0.25, 0.3) is 0 Å². The lowest BCUT2D eigenvalue weighted by Gasteiger charge is -2.36.